The van der Waals surface area contributed by atoms with Crippen molar-refractivity contribution in [2.24, 2.45) is 0 Å². The Kier molecular flexibility index (Phi) is 1.28. The maximum absolute atomic E-state index is 11.9. The molecular weight excluding hydrogens is 155 g/mol. The second kappa shape index (κ2) is 1.71. The van der Waals surface area contributed by atoms with Crippen LogP contribution >= 0.6 is 0 Å². The van der Waals surface area contributed by atoms with E-state index >= 15 is 0 Å². The van der Waals surface area contributed by atoms with Crippen LogP contribution in [0.1, 0.15) is 6.42 Å². The molecule has 0 aromatic carbocycles. The van der Waals surface area contributed by atoms with Crippen molar-refractivity contribution in [2.45, 2.75) is 18.3 Å². The average Bonchev–Trinajstić information content (AvgIpc) is 1.94. The van der Waals surface area contributed by atoms with Gasteiger partial charge in [0.05, 0.1) is 0 Å². The second-order valence-corrected chi connectivity index (χ2v) is 2.04. The molecule has 1 aliphatic rings. The first-order valence-corrected chi connectivity index (χ1v) is 2.50. The first kappa shape index (κ1) is 7.50. The summed E-state index contributed by atoms with van der Waals surface area (Å²) in [5, 5.41) is 0. The molecule has 0 radical (unpaired) electrons. The highest BCUT2D eigenvalue weighted by atomic mass is 19.3. The molecule has 0 saturated carbocycles. The van der Waals surface area contributed by atoms with Gasteiger partial charge in [-0.25, -0.2) is 4.39 Å². The van der Waals surface area contributed by atoms with E-state index in [1.807, 2.05) is 0 Å². The highest BCUT2D eigenvalue weighted by Gasteiger charge is 2.62. The molecule has 0 heterocycles. The van der Waals surface area contributed by atoms with Crippen molar-refractivity contribution in [3.63, 3.8) is 0 Å². The molecule has 0 aromatic rings. The molecule has 0 fully saturated rings. The molecular formula is C5H3F5. The number of allylic oxidation sites excluding steroid dienone is 2. The Bertz CT molecular complexity index is 180. The molecule has 0 atom stereocenters. The third kappa shape index (κ3) is 0.726. The van der Waals surface area contributed by atoms with Crippen molar-refractivity contribution in [1.82, 2.24) is 0 Å². The molecule has 0 amide bonds. The van der Waals surface area contributed by atoms with Crippen LogP contribution in [0.2, 0.25) is 0 Å². The van der Waals surface area contributed by atoms with Gasteiger partial charge >= 0.3 is 11.8 Å². The Morgan fingerprint density at radius 3 is 1.80 bits per heavy atom. The lowest BCUT2D eigenvalue weighted by molar-refractivity contribution is -0.180. The van der Waals surface area contributed by atoms with Crippen molar-refractivity contribution in [1.29, 1.82) is 0 Å². The van der Waals surface area contributed by atoms with Crippen LogP contribution in [0.25, 0.3) is 0 Å². The zero-order valence-corrected chi connectivity index (χ0v) is 4.67. The number of rotatable bonds is 0. The van der Waals surface area contributed by atoms with Gasteiger partial charge in [0.25, 0.3) is 0 Å². The third-order valence-corrected chi connectivity index (χ3v) is 1.30. The molecule has 0 aliphatic heterocycles. The average molecular weight is 158 g/mol. The molecule has 58 valence electrons. The van der Waals surface area contributed by atoms with Gasteiger partial charge in [-0.05, 0) is 6.08 Å². The van der Waals surface area contributed by atoms with E-state index in [0.717, 1.165) is 0 Å². The molecule has 0 unspecified atom stereocenters. The summed E-state index contributed by atoms with van der Waals surface area (Å²) in [5.41, 5.74) is 0. The van der Waals surface area contributed by atoms with E-state index in [4.69, 9.17) is 0 Å². The molecule has 0 spiro atoms. The maximum Gasteiger partial charge on any atom is 0.360 e. The van der Waals surface area contributed by atoms with E-state index in [0.29, 0.717) is 0 Å². The summed E-state index contributed by atoms with van der Waals surface area (Å²) in [7, 11) is 0. The van der Waals surface area contributed by atoms with Gasteiger partial charge in [0.15, 0.2) is 5.83 Å². The largest absolute Gasteiger partial charge is 0.360 e. The van der Waals surface area contributed by atoms with E-state index in [2.05, 4.69) is 0 Å². The lowest BCUT2D eigenvalue weighted by Crippen LogP contribution is -2.36. The molecule has 5 heteroatoms. The summed E-state index contributed by atoms with van der Waals surface area (Å²) in [6, 6.07) is 0. The molecule has 10 heavy (non-hydrogen) atoms. The maximum atomic E-state index is 11.9. The highest BCUT2D eigenvalue weighted by Crippen LogP contribution is 2.47. The fourth-order valence-electron chi connectivity index (χ4n) is 0.649. The van der Waals surface area contributed by atoms with Crippen molar-refractivity contribution in [2.75, 3.05) is 0 Å². The van der Waals surface area contributed by atoms with Crippen LogP contribution in [0.15, 0.2) is 11.9 Å². The van der Waals surface area contributed by atoms with Gasteiger partial charge < -0.3 is 0 Å². The summed E-state index contributed by atoms with van der Waals surface area (Å²) >= 11 is 0. The summed E-state index contributed by atoms with van der Waals surface area (Å²) in [6.45, 7) is 0. The fourth-order valence-corrected chi connectivity index (χ4v) is 0.649. The van der Waals surface area contributed by atoms with Gasteiger partial charge in [0.1, 0.15) is 0 Å². The standard InChI is InChI=1S/C5H3F5/c6-3-1-2-4(7,8)5(3,9)10/h1H,2H2. The SMILES string of the molecule is FC1=CCC(F)(F)C1(F)F. The first-order valence-electron chi connectivity index (χ1n) is 2.50. The summed E-state index contributed by atoms with van der Waals surface area (Å²) < 4.78 is 59.5. The Morgan fingerprint density at radius 1 is 1.20 bits per heavy atom. The molecule has 0 saturated heterocycles. The summed E-state index contributed by atoms with van der Waals surface area (Å²) in [5.74, 6) is -10.9. The van der Waals surface area contributed by atoms with E-state index in [1.54, 1.807) is 0 Å². The summed E-state index contributed by atoms with van der Waals surface area (Å²) in [4.78, 5) is 0. The van der Waals surface area contributed by atoms with Gasteiger partial charge in [0.2, 0.25) is 0 Å². The van der Waals surface area contributed by atoms with Gasteiger partial charge in [-0.15, -0.1) is 0 Å². The number of hydrogen-bond acceptors (Lipinski definition) is 0. The van der Waals surface area contributed by atoms with Crippen LogP contribution in [0.3, 0.4) is 0 Å². The van der Waals surface area contributed by atoms with Crippen molar-refractivity contribution < 1.29 is 22.0 Å². The quantitative estimate of drug-likeness (QED) is 0.475. The van der Waals surface area contributed by atoms with Gasteiger partial charge in [0, 0.05) is 6.42 Å². The van der Waals surface area contributed by atoms with Gasteiger partial charge in [-0.3, -0.25) is 0 Å². The Hall–Kier alpha value is -0.610. The van der Waals surface area contributed by atoms with E-state index in [-0.39, 0.29) is 6.08 Å². The topological polar surface area (TPSA) is 0 Å². The van der Waals surface area contributed by atoms with Crippen LogP contribution in [-0.2, 0) is 0 Å². The smallest absolute Gasteiger partial charge is 0.205 e. The first-order chi connectivity index (χ1) is 4.38. The minimum atomic E-state index is -4.59. The number of halogens is 5. The van der Waals surface area contributed by atoms with E-state index in [1.165, 1.54) is 0 Å². The fraction of sp³-hybridized carbons (Fsp3) is 0.600. The normalized spacial score (nSPS) is 28.3. The Balaban J connectivity index is 2.96. The molecule has 1 rings (SSSR count). The molecule has 0 bridgehead atoms. The number of hydrogen-bond donors (Lipinski definition) is 0. The van der Waals surface area contributed by atoms with Crippen LogP contribution in [0.4, 0.5) is 22.0 Å². The van der Waals surface area contributed by atoms with E-state index in [9.17, 15) is 22.0 Å². The van der Waals surface area contributed by atoms with Gasteiger partial charge in [-0.2, -0.15) is 17.6 Å². The van der Waals surface area contributed by atoms with Crippen LogP contribution in [0, 0.1) is 0 Å². The third-order valence-electron chi connectivity index (χ3n) is 1.30. The zero-order chi connectivity index (χ0) is 7.99. The van der Waals surface area contributed by atoms with Crippen molar-refractivity contribution in [3.05, 3.63) is 11.9 Å². The second-order valence-electron chi connectivity index (χ2n) is 2.04. The highest BCUT2D eigenvalue weighted by molar-refractivity contribution is 5.19. The number of alkyl halides is 4. The molecule has 0 aromatic heterocycles. The van der Waals surface area contributed by atoms with Crippen LogP contribution in [0.5, 0.6) is 0 Å². The van der Waals surface area contributed by atoms with Crippen molar-refractivity contribution >= 4 is 0 Å². The lowest BCUT2D eigenvalue weighted by atomic mass is 10.2. The minimum absolute atomic E-state index is 0.208. The van der Waals surface area contributed by atoms with E-state index < -0.39 is 24.1 Å². The molecule has 0 nitrogen and oxygen atoms in total. The Labute approximate surface area is 53.3 Å². The monoisotopic (exact) mass is 158 g/mol. The predicted molar refractivity (Wildman–Crippen MR) is 23.7 cm³/mol. The molecule has 1 aliphatic carbocycles. The van der Waals surface area contributed by atoms with Crippen LogP contribution < -0.4 is 0 Å². The lowest BCUT2D eigenvalue weighted by Gasteiger charge is -2.17. The minimum Gasteiger partial charge on any atom is -0.205 e. The molecule has 0 N–H and O–H groups in total. The summed E-state index contributed by atoms with van der Waals surface area (Å²) in [6.07, 6.45) is -1.01. The Morgan fingerprint density at radius 2 is 1.70 bits per heavy atom. The zero-order valence-electron chi connectivity index (χ0n) is 4.67. The predicted octanol–water partition coefficient (Wildman–Crippen LogP) is 2.51. The van der Waals surface area contributed by atoms with Crippen LogP contribution in [-0.4, -0.2) is 11.8 Å². The van der Waals surface area contributed by atoms with Crippen molar-refractivity contribution in [3.8, 4) is 0 Å². The van der Waals surface area contributed by atoms with Gasteiger partial charge in [-0.1, -0.05) is 0 Å².